The molecule has 0 saturated heterocycles. The van der Waals surface area contributed by atoms with E-state index in [-0.39, 0.29) is 5.60 Å². The second kappa shape index (κ2) is 3.73. The van der Waals surface area contributed by atoms with Crippen molar-refractivity contribution < 1.29 is 4.74 Å². The Bertz CT molecular complexity index is 259. The molecule has 0 fully saturated rings. The Morgan fingerprint density at radius 2 is 2.33 bits per heavy atom. The van der Waals surface area contributed by atoms with Gasteiger partial charge in [-0.2, -0.15) is 0 Å². The number of halogens is 1. The lowest BCUT2D eigenvalue weighted by Crippen LogP contribution is -2.19. The van der Waals surface area contributed by atoms with Crippen LogP contribution < -0.4 is 0 Å². The Balaban J connectivity index is 2.88. The highest BCUT2D eigenvalue weighted by molar-refractivity contribution is 7.09. The van der Waals surface area contributed by atoms with E-state index in [0.29, 0.717) is 5.88 Å². The third kappa shape index (κ3) is 1.97. The summed E-state index contributed by atoms with van der Waals surface area (Å²) in [5.41, 5.74) is 0.645. The SMILES string of the molecule is COC(C)(C)c1csc(CCl)n1. The molecule has 0 radical (unpaired) electrons. The number of hydrogen-bond donors (Lipinski definition) is 0. The summed E-state index contributed by atoms with van der Waals surface area (Å²) in [5.74, 6) is 0.477. The van der Waals surface area contributed by atoms with Crippen LogP contribution in [-0.4, -0.2) is 12.1 Å². The van der Waals surface area contributed by atoms with E-state index < -0.39 is 0 Å². The van der Waals surface area contributed by atoms with E-state index in [1.54, 1.807) is 18.4 Å². The molecule has 0 N–H and O–H groups in total. The average molecular weight is 206 g/mol. The van der Waals surface area contributed by atoms with Crippen molar-refractivity contribution in [2.45, 2.75) is 25.3 Å². The molecule has 12 heavy (non-hydrogen) atoms. The van der Waals surface area contributed by atoms with E-state index in [1.165, 1.54) is 0 Å². The first-order chi connectivity index (χ1) is 5.60. The summed E-state index contributed by atoms with van der Waals surface area (Å²) < 4.78 is 5.28. The van der Waals surface area contributed by atoms with Gasteiger partial charge in [-0.25, -0.2) is 4.98 Å². The first kappa shape index (κ1) is 9.96. The lowest BCUT2D eigenvalue weighted by Gasteiger charge is -2.19. The van der Waals surface area contributed by atoms with Crippen LogP contribution in [0.15, 0.2) is 5.38 Å². The number of aromatic nitrogens is 1. The number of alkyl halides is 1. The lowest BCUT2D eigenvalue weighted by molar-refractivity contribution is 0.0159. The molecule has 0 aromatic carbocycles. The summed E-state index contributed by atoms with van der Waals surface area (Å²) in [5, 5.41) is 2.93. The predicted octanol–water partition coefficient (Wildman–Crippen LogP) is 2.76. The summed E-state index contributed by atoms with van der Waals surface area (Å²) in [6.07, 6.45) is 0. The third-order valence-electron chi connectivity index (χ3n) is 1.79. The van der Waals surface area contributed by atoms with Gasteiger partial charge in [0, 0.05) is 12.5 Å². The highest BCUT2D eigenvalue weighted by Crippen LogP contribution is 2.25. The van der Waals surface area contributed by atoms with E-state index >= 15 is 0 Å². The fourth-order valence-electron chi connectivity index (χ4n) is 0.753. The molecule has 2 nitrogen and oxygen atoms in total. The fraction of sp³-hybridized carbons (Fsp3) is 0.625. The van der Waals surface area contributed by atoms with Crippen LogP contribution in [0.25, 0.3) is 0 Å². The van der Waals surface area contributed by atoms with Gasteiger partial charge < -0.3 is 4.74 Å². The number of ether oxygens (including phenoxy) is 1. The van der Waals surface area contributed by atoms with Crippen LogP contribution in [0, 0.1) is 0 Å². The van der Waals surface area contributed by atoms with Gasteiger partial charge in [0.1, 0.15) is 10.6 Å². The van der Waals surface area contributed by atoms with Gasteiger partial charge in [0.2, 0.25) is 0 Å². The van der Waals surface area contributed by atoms with E-state index in [1.807, 2.05) is 19.2 Å². The van der Waals surface area contributed by atoms with Gasteiger partial charge in [-0.3, -0.25) is 0 Å². The summed E-state index contributed by atoms with van der Waals surface area (Å²) in [4.78, 5) is 4.33. The second-order valence-corrected chi connectivity index (χ2v) is 4.18. The van der Waals surface area contributed by atoms with Crippen molar-refractivity contribution in [1.82, 2.24) is 4.98 Å². The Hall–Kier alpha value is -0.120. The smallest absolute Gasteiger partial charge is 0.108 e. The molecule has 1 rings (SSSR count). The van der Waals surface area contributed by atoms with Crippen LogP contribution in [0.2, 0.25) is 0 Å². The molecule has 0 amide bonds. The molecule has 4 heteroatoms. The van der Waals surface area contributed by atoms with Crippen molar-refractivity contribution in [3.8, 4) is 0 Å². The van der Waals surface area contributed by atoms with Crippen LogP contribution in [0.5, 0.6) is 0 Å². The Morgan fingerprint density at radius 3 is 2.75 bits per heavy atom. The number of methoxy groups -OCH3 is 1. The third-order valence-corrected chi connectivity index (χ3v) is 3.05. The molecule has 0 aliphatic carbocycles. The van der Waals surface area contributed by atoms with E-state index in [2.05, 4.69) is 4.98 Å². The molecule has 0 aliphatic heterocycles. The fourth-order valence-corrected chi connectivity index (χ4v) is 1.80. The van der Waals surface area contributed by atoms with Crippen LogP contribution in [-0.2, 0) is 16.2 Å². The molecular formula is C8H12ClNOS. The van der Waals surface area contributed by atoms with Gasteiger partial charge in [-0.15, -0.1) is 22.9 Å². The highest BCUT2D eigenvalue weighted by atomic mass is 35.5. The highest BCUT2D eigenvalue weighted by Gasteiger charge is 2.22. The zero-order chi connectivity index (χ0) is 9.19. The van der Waals surface area contributed by atoms with Gasteiger partial charge in [0.15, 0.2) is 0 Å². The standard InChI is InChI=1S/C8H12ClNOS/c1-8(2,11-3)6-5-12-7(4-9)10-6/h5H,4H2,1-3H3. The molecule has 0 aliphatic rings. The number of hydrogen-bond acceptors (Lipinski definition) is 3. The van der Waals surface area contributed by atoms with Crippen molar-refractivity contribution in [1.29, 1.82) is 0 Å². The second-order valence-electron chi connectivity index (χ2n) is 2.97. The molecule has 0 unspecified atom stereocenters. The number of thiazole rings is 1. The minimum Gasteiger partial charge on any atom is -0.372 e. The first-order valence-corrected chi connectivity index (χ1v) is 5.07. The molecule has 0 saturated carbocycles. The number of nitrogens with zero attached hydrogens (tertiary/aromatic N) is 1. The van der Waals surface area contributed by atoms with E-state index in [9.17, 15) is 0 Å². The molecule has 1 aromatic rings. The maximum atomic E-state index is 5.64. The normalized spacial score (nSPS) is 12.0. The molecular weight excluding hydrogens is 194 g/mol. The molecule has 0 bridgehead atoms. The van der Waals surface area contributed by atoms with Crippen LogP contribution in [0.1, 0.15) is 24.5 Å². The van der Waals surface area contributed by atoms with Crippen molar-refractivity contribution in [3.05, 3.63) is 16.1 Å². The Labute approximate surface area is 81.5 Å². The van der Waals surface area contributed by atoms with Gasteiger partial charge >= 0.3 is 0 Å². The Morgan fingerprint density at radius 1 is 1.67 bits per heavy atom. The van der Waals surface area contributed by atoms with Gasteiger partial charge in [0.25, 0.3) is 0 Å². The summed E-state index contributed by atoms with van der Waals surface area (Å²) in [7, 11) is 1.68. The first-order valence-electron chi connectivity index (χ1n) is 3.66. The predicted molar refractivity (Wildman–Crippen MR) is 51.7 cm³/mol. The largest absolute Gasteiger partial charge is 0.372 e. The van der Waals surface area contributed by atoms with Crippen molar-refractivity contribution in [2.24, 2.45) is 0 Å². The molecule has 1 aromatic heterocycles. The van der Waals surface area contributed by atoms with Crippen molar-refractivity contribution in [2.75, 3.05) is 7.11 Å². The monoisotopic (exact) mass is 205 g/mol. The van der Waals surface area contributed by atoms with Crippen LogP contribution in [0.4, 0.5) is 0 Å². The Kier molecular flexibility index (Phi) is 3.09. The topological polar surface area (TPSA) is 22.1 Å². The maximum absolute atomic E-state index is 5.64. The van der Waals surface area contributed by atoms with Crippen LogP contribution in [0.3, 0.4) is 0 Å². The lowest BCUT2D eigenvalue weighted by atomic mass is 10.1. The summed E-state index contributed by atoms with van der Waals surface area (Å²) >= 11 is 7.21. The summed E-state index contributed by atoms with van der Waals surface area (Å²) in [6.45, 7) is 3.97. The minimum absolute atomic E-state index is 0.305. The zero-order valence-corrected chi connectivity index (χ0v) is 9.00. The van der Waals surface area contributed by atoms with Gasteiger partial charge in [-0.1, -0.05) is 0 Å². The quantitative estimate of drug-likeness (QED) is 0.708. The minimum atomic E-state index is -0.305. The number of rotatable bonds is 3. The van der Waals surface area contributed by atoms with E-state index in [0.717, 1.165) is 10.7 Å². The van der Waals surface area contributed by atoms with Crippen molar-refractivity contribution in [3.63, 3.8) is 0 Å². The van der Waals surface area contributed by atoms with E-state index in [4.69, 9.17) is 16.3 Å². The van der Waals surface area contributed by atoms with Gasteiger partial charge in [0.05, 0.1) is 11.6 Å². The van der Waals surface area contributed by atoms with Crippen LogP contribution >= 0.6 is 22.9 Å². The molecule has 1 heterocycles. The molecule has 0 spiro atoms. The van der Waals surface area contributed by atoms with Gasteiger partial charge in [-0.05, 0) is 13.8 Å². The maximum Gasteiger partial charge on any atom is 0.108 e. The zero-order valence-electron chi connectivity index (χ0n) is 7.43. The van der Waals surface area contributed by atoms with Crippen molar-refractivity contribution >= 4 is 22.9 Å². The average Bonchev–Trinajstić information content (AvgIpc) is 2.52. The summed E-state index contributed by atoms with van der Waals surface area (Å²) in [6, 6.07) is 0. The molecule has 0 atom stereocenters. The molecule has 68 valence electrons.